The number of esters is 2. The Kier molecular flexibility index (Phi) is 5.81. The fraction of sp³-hybridized carbons (Fsp3) is 0.455. The molecule has 1 atom stereocenters. The van der Waals surface area contributed by atoms with Gasteiger partial charge in [0.05, 0.1) is 0 Å². The molecule has 1 rings (SSSR count). The number of hydrogen-bond donors (Lipinski definition) is 4. The molecule has 0 saturated heterocycles. The van der Waals surface area contributed by atoms with Crippen molar-refractivity contribution < 1.29 is 14.3 Å². The van der Waals surface area contributed by atoms with E-state index in [0.717, 1.165) is 6.07 Å². The predicted octanol–water partition coefficient (Wildman–Crippen LogP) is -1.80. The molecular weight excluding hydrogens is 268 g/mol. The van der Waals surface area contributed by atoms with Crippen LogP contribution in [0.4, 0.5) is 0 Å². The van der Waals surface area contributed by atoms with E-state index in [-0.39, 0.29) is 0 Å². The maximum atomic E-state index is 11.6. The van der Waals surface area contributed by atoms with Crippen LogP contribution >= 0.6 is 0 Å². The average Bonchev–Trinajstić information content (AvgIpc) is 2.37. The molecule has 0 aliphatic heterocycles. The van der Waals surface area contributed by atoms with Crippen LogP contribution < -0.4 is 22.7 Å². The Morgan fingerprint density at radius 3 is 2.55 bits per heavy atom. The molecule has 0 amide bonds. The number of carbonyl (C=O) groups is 2. The minimum absolute atomic E-state index is 0.329. The summed E-state index contributed by atoms with van der Waals surface area (Å²) in [6.07, 6.45) is 1.66. The first-order valence-electron chi connectivity index (χ1n) is 5.99. The summed E-state index contributed by atoms with van der Waals surface area (Å²) in [5.74, 6) is -2.05. The van der Waals surface area contributed by atoms with Gasteiger partial charge in [-0.05, 0) is 19.4 Å². The lowest BCUT2D eigenvalue weighted by atomic mass is 10.1. The fourth-order valence-electron chi connectivity index (χ4n) is 1.43. The van der Waals surface area contributed by atoms with E-state index in [4.69, 9.17) is 11.5 Å². The lowest BCUT2D eigenvalue weighted by Crippen LogP contribution is -2.35. The summed E-state index contributed by atoms with van der Waals surface area (Å²) in [5, 5.41) is 0. The van der Waals surface area contributed by atoms with Crippen LogP contribution in [0.2, 0.25) is 0 Å². The minimum atomic E-state index is -1.13. The molecule has 1 aromatic heterocycles. The number of H-pyrrole nitrogens is 2. The van der Waals surface area contributed by atoms with Crippen molar-refractivity contribution in [3.8, 4) is 0 Å². The van der Waals surface area contributed by atoms with Crippen LogP contribution in [0.3, 0.4) is 0 Å². The Bertz CT molecular complexity index is 563. The van der Waals surface area contributed by atoms with Gasteiger partial charge in [-0.25, -0.2) is 14.4 Å². The van der Waals surface area contributed by atoms with Gasteiger partial charge in [-0.15, -0.1) is 0 Å². The van der Waals surface area contributed by atoms with Crippen LogP contribution in [0.1, 0.15) is 29.8 Å². The number of nitrogens with two attached hydrogens (primary N) is 2. The highest BCUT2D eigenvalue weighted by molar-refractivity contribution is 5.96. The molecule has 0 aliphatic rings. The third kappa shape index (κ3) is 4.78. The minimum Gasteiger partial charge on any atom is -0.387 e. The zero-order valence-electron chi connectivity index (χ0n) is 10.7. The Balaban J connectivity index is 2.63. The Morgan fingerprint density at radius 2 is 1.95 bits per heavy atom. The number of hydrogen-bond acceptors (Lipinski definition) is 7. The summed E-state index contributed by atoms with van der Waals surface area (Å²) in [7, 11) is 0. The zero-order chi connectivity index (χ0) is 15.1. The number of ether oxygens (including phenoxy) is 1. The summed E-state index contributed by atoms with van der Waals surface area (Å²) in [5.41, 5.74) is 8.77. The number of unbranched alkanes of at least 4 members (excludes halogenated alkanes) is 1. The largest absolute Gasteiger partial charge is 0.387 e. The van der Waals surface area contributed by atoms with Gasteiger partial charge in [-0.1, -0.05) is 6.42 Å². The van der Waals surface area contributed by atoms with Crippen molar-refractivity contribution in [2.75, 3.05) is 6.54 Å². The molecule has 0 aromatic carbocycles. The monoisotopic (exact) mass is 284 g/mol. The summed E-state index contributed by atoms with van der Waals surface area (Å²) < 4.78 is 4.48. The summed E-state index contributed by atoms with van der Waals surface area (Å²) in [6.45, 7) is 0.481. The van der Waals surface area contributed by atoms with Gasteiger partial charge in [0.2, 0.25) is 0 Å². The van der Waals surface area contributed by atoms with Crippen LogP contribution in [-0.4, -0.2) is 34.5 Å². The van der Waals surface area contributed by atoms with E-state index in [1.165, 1.54) is 0 Å². The van der Waals surface area contributed by atoms with Crippen LogP contribution in [0.15, 0.2) is 15.7 Å². The standard InChI is InChI=1S/C11H16N4O5/c12-4-2-1-3-6(13)9(17)20-10(18)7-5-8(16)15-11(19)14-7/h5-6H,1-4,12-13H2,(H2,14,15,16,19)/t6-/m0/s1. The lowest BCUT2D eigenvalue weighted by molar-refractivity contribution is -0.139. The Morgan fingerprint density at radius 1 is 1.25 bits per heavy atom. The average molecular weight is 284 g/mol. The molecular formula is C11H16N4O5. The quantitative estimate of drug-likeness (QED) is 0.272. The van der Waals surface area contributed by atoms with Gasteiger partial charge in [0.25, 0.3) is 5.56 Å². The summed E-state index contributed by atoms with van der Waals surface area (Å²) in [6, 6.07) is -0.143. The smallest absolute Gasteiger partial charge is 0.362 e. The molecule has 0 bridgehead atoms. The van der Waals surface area contributed by atoms with E-state index in [1.54, 1.807) is 0 Å². The van der Waals surface area contributed by atoms with Crippen molar-refractivity contribution in [1.82, 2.24) is 9.97 Å². The van der Waals surface area contributed by atoms with Crippen molar-refractivity contribution >= 4 is 11.9 Å². The molecule has 9 nitrogen and oxygen atoms in total. The molecule has 6 N–H and O–H groups in total. The second-order valence-electron chi connectivity index (χ2n) is 4.10. The number of nitrogens with one attached hydrogen (secondary N) is 2. The summed E-state index contributed by atoms with van der Waals surface area (Å²) in [4.78, 5) is 49.0. The Labute approximate surface area is 113 Å². The predicted molar refractivity (Wildman–Crippen MR) is 69.0 cm³/mol. The topological polar surface area (TPSA) is 161 Å². The molecule has 0 radical (unpaired) electrons. The van der Waals surface area contributed by atoms with Crippen molar-refractivity contribution in [2.45, 2.75) is 25.3 Å². The van der Waals surface area contributed by atoms with Crippen LogP contribution in [-0.2, 0) is 9.53 Å². The van der Waals surface area contributed by atoms with Gasteiger partial charge < -0.3 is 21.2 Å². The summed E-state index contributed by atoms with van der Waals surface area (Å²) >= 11 is 0. The normalized spacial score (nSPS) is 11.9. The van der Waals surface area contributed by atoms with Gasteiger partial charge in [-0.2, -0.15) is 0 Å². The maximum absolute atomic E-state index is 11.6. The molecule has 0 saturated carbocycles. The van der Waals surface area contributed by atoms with Crippen LogP contribution in [0.5, 0.6) is 0 Å². The molecule has 110 valence electrons. The molecule has 1 heterocycles. The van der Waals surface area contributed by atoms with Gasteiger partial charge in [0.1, 0.15) is 11.7 Å². The van der Waals surface area contributed by atoms with Gasteiger partial charge in [-0.3, -0.25) is 9.78 Å². The first kappa shape index (κ1) is 15.8. The van der Waals surface area contributed by atoms with E-state index in [1.807, 2.05) is 9.97 Å². The highest BCUT2D eigenvalue weighted by Crippen LogP contribution is 2.01. The maximum Gasteiger partial charge on any atom is 0.362 e. The molecule has 1 aromatic rings. The van der Waals surface area contributed by atoms with Crippen molar-refractivity contribution in [3.05, 3.63) is 32.6 Å². The highest BCUT2D eigenvalue weighted by Gasteiger charge is 2.20. The first-order chi connectivity index (χ1) is 9.43. The van der Waals surface area contributed by atoms with Gasteiger partial charge in [0, 0.05) is 6.07 Å². The number of aromatic nitrogens is 2. The second-order valence-corrected chi connectivity index (χ2v) is 4.10. The molecule has 0 unspecified atom stereocenters. The second kappa shape index (κ2) is 7.36. The molecule has 0 fully saturated rings. The van der Waals surface area contributed by atoms with Crippen molar-refractivity contribution in [1.29, 1.82) is 0 Å². The highest BCUT2D eigenvalue weighted by atomic mass is 16.6. The first-order valence-corrected chi connectivity index (χ1v) is 5.99. The SMILES string of the molecule is NCCCC[C@H](N)C(=O)OC(=O)c1cc(=O)[nH]c(=O)[nH]1. The zero-order valence-corrected chi connectivity index (χ0v) is 10.7. The van der Waals surface area contributed by atoms with E-state index in [9.17, 15) is 19.2 Å². The number of carbonyl (C=O) groups excluding carboxylic acids is 2. The number of rotatable bonds is 6. The fourth-order valence-corrected chi connectivity index (χ4v) is 1.43. The van der Waals surface area contributed by atoms with E-state index >= 15 is 0 Å². The van der Waals surface area contributed by atoms with Crippen molar-refractivity contribution in [3.63, 3.8) is 0 Å². The van der Waals surface area contributed by atoms with E-state index in [0.29, 0.717) is 25.8 Å². The third-order valence-electron chi connectivity index (χ3n) is 2.45. The van der Waals surface area contributed by atoms with E-state index < -0.39 is 34.9 Å². The number of aromatic amines is 2. The lowest BCUT2D eigenvalue weighted by Gasteiger charge is -2.09. The Hall–Kier alpha value is -2.26. The van der Waals surface area contributed by atoms with Crippen LogP contribution in [0, 0.1) is 0 Å². The molecule has 20 heavy (non-hydrogen) atoms. The van der Waals surface area contributed by atoms with Crippen molar-refractivity contribution in [2.24, 2.45) is 11.5 Å². The van der Waals surface area contributed by atoms with Crippen LogP contribution in [0.25, 0.3) is 0 Å². The molecule has 0 spiro atoms. The molecule has 0 aliphatic carbocycles. The van der Waals surface area contributed by atoms with Gasteiger partial charge >= 0.3 is 17.6 Å². The van der Waals surface area contributed by atoms with Gasteiger partial charge in [0.15, 0.2) is 0 Å². The third-order valence-corrected chi connectivity index (χ3v) is 2.45. The molecule has 9 heteroatoms. The van der Waals surface area contributed by atoms with E-state index in [2.05, 4.69) is 4.74 Å².